The number of ether oxygens (including phenoxy) is 2. The van der Waals surface area contributed by atoms with Crippen molar-refractivity contribution in [3.05, 3.63) is 0 Å². The highest BCUT2D eigenvalue weighted by Gasteiger charge is 2.37. The molecule has 0 aromatic rings. The first-order chi connectivity index (χ1) is 13.1. The summed E-state index contributed by atoms with van der Waals surface area (Å²) in [6.45, 7) is 8.62. The van der Waals surface area contributed by atoms with Gasteiger partial charge in [0.05, 0.1) is 0 Å². The highest BCUT2D eigenvalue weighted by molar-refractivity contribution is 5.78. The van der Waals surface area contributed by atoms with Crippen molar-refractivity contribution < 1.29 is 23.9 Å². The van der Waals surface area contributed by atoms with Gasteiger partial charge in [-0.15, -0.1) is 0 Å². The van der Waals surface area contributed by atoms with Gasteiger partial charge in [0.1, 0.15) is 18.0 Å². The number of hydrogen-bond donors (Lipinski definition) is 0. The Morgan fingerprint density at radius 3 is 1.50 bits per heavy atom. The van der Waals surface area contributed by atoms with Gasteiger partial charge in [-0.25, -0.2) is 0 Å². The monoisotopic (exact) mass is 394 g/mol. The van der Waals surface area contributed by atoms with E-state index in [1.165, 1.54) is 0 Å². The summed E-state index contributed by atoms with van der Waals surface area (Å²) in [5.41, 5.74) is -0.0189. The Kier molecular flexibility index (Phi) is 8.08. The van der Waals surface area contributed by atoms with E-state index < -0.39 is 0 Å². The molecule has 0 radical (unpaired) electrons. The number of esters is 2. The highest BCUT2D eigenvalue weighted by Crippen LogP contribution is 2.37. The van der Waals surface area contributed by atoms with Gasteiger partial charge in [-0.2, -0.15) is 0 Å². The zero-order valence-corrected chi connectivity index (χ0v) is 18.2. The lowest BCUT2D eigenvalue weighted by Crippen LogP contribution is -2.29. The van der Waals surface area contributed by atoms with Crippen molar-refractivity contribution in [2.75, 3.05) is 0 Å². The van der Waals surface area contributed by atoms with Gasteiger partial charge in [0, 0.05) is 36.5 Å². The largest absolute Gasteiger partial charge is 0.462 e. The van der Waals surface area contributed by atoms with Crippen LogP contribution in [0.3, 0.4) is 0 Å². The summed E-state index contributed by atoms with van der Waals surface area (Å²) < 4.78 is 10.8. The van der Waals surface area contributed by atoms with Gasteiger partial charge in [-0.1, -0.05) is 40.5 Å². The predicted molar refractivity (Wildman–Crippen MR) is 108 cm³/mol. The van der Waals surface area contributed by atoms with Crippen molar-refractivity contribution in [3.8, 4) is 0 Å². The second-order valence-electron chi connectivity index (χ2n) is 9.96. The van der Waals surface area contributed by atoms with Crippen LogP contribution in [0.4, 0.5) is 0 Å². The van der Waals surface area contributed by atoms with E-state index in [4.69, 9.17) is 9.47 Å². The molecule has 0 N–H and O–H groups in total. The van der Waals surface area contributed by atoms with Crippen molar-refractivity contribution in [2.24, 2.45) is 10.8 Å². The quantitative estimate of drug-likeness (QED) is 0.339. The molecule has 2 saturated heterocycles. The normalized spacial score (nSPS) is 23.0. The maximum Gasteiger partial charge on any atom is 0.306 e. The molecule has 28 heavy (non-hydrogen) atoms. The Morgan fingerprint density at radius 1 is 0.786 bits per heavy atom. The summed E-state index contributed by atoms with van der Waals surface area (Å²) in [5, 5.41) is 0. The summed E-state index contributed by atoms with van der Waals surface area (Å²) >= 11 is 0. The fraction of sp³-hybridized carbons (Fsp3) is 0.870. The van der Waals surface area contributed by atoms with Crippen LogP contribution in [0, 0.1) is 10.8 Å². The lowest BCUT2D eigenvalue weighted by molar-refractivity contribution is -0.146. The summed E-state index contributed by atoms with van der Waals surface area (Å²) in [6, 6.07) is 0. The maximum absolute atomic E-state index is 12.2. The number of cyclic esters (lactones) is 2. The third-order valence-corrected chi connectivity index (χ3v) is 6.57. The average Bonchev–Trinajstić information content (AvgIpc) is 3.25. The lowest BCUT2D eigenvalue weighted by atomic mass is 9.80. The number of Topliss-reactive ketones (excluding diaryl/α,β-unsaturated/α-hetero) is 1. The van der Waals surface area contributed by atoms with Gasteiger partial charge in [-0.05, 0) is 38.5 Å². The van der Waals surface area contributed by atoms with Gasteiger partial charge in [0.25, 0.3) is 0 Å². The summed E-state index contributed by atoms with van der Waals surface area (Å²) in [7, 11) is 0. The Hall–Kier alpha value is -1.39. The number of ketones is 1. The molecule has 2 aliphatic heterocycles. The average molecular weight is 395 g/mol. The molecule has 0 aromatic heterocycles. The number of hydrogen-bond acceptors (Lipinski definition) is 5. The van der Waals surface area contributed by atoms with Crippen LogP contribution in [0.15, 0.2) is 0 Å². The topological polar surface area (TPSA) is 69.7 Å². The first-order valence-electron chi connectivity index (χ1n) is 11.0. The summed E-state index contributed by atoms with van der Waals surface area (Å²) in [5.74, 6) is 0.181. The van der Waals surface area contributed by atoms with Crippen molar-refractivity contribution in [2.45, 2.75) is 117 Å². The molecule has 5 nitrogen and oxygen atoms in total. The Bertz CT molecular complexity index is 515. The minimum atomic E-state index is -0.0810. The molecule has 160 valence electrons. The fourth-order valence-corrected chi connectivity index (χ4v) is 4.40. The zero-order chi connectivity index (χ0) is 20.8. The van der Waals surface area contributed by atoms with Crippen LogP contribution in [0.5, 0.6) is 0 Å². The Morgan fingerprint density at radius 2 is 1.18 bits per heavy atom. The Balaban J connectivity index is 1.54. The second-order valence-corrected chi connectivity index (χ2v) is 9.96. The summed E-state index contributed by atoms with van der Waals surface area (Å²) in [6.07, 6.45) is 9.81. The molecular weight excluding hydrogens is 356 g/mol. The van der Waals surface area contributed by atoms with E-state index in [2.05, 4.69) is 27.7 Å². The van der Waals surface area contributed by atoms with Crippen molar-refractivity contribution in [3.63, 3.8) is 0 Å². The maximum atomic E-state index is 12.2. The first-order valence-corrected chi connectivity index (χ1v) is 11.0. The van der Waals surface area contributed by atoms with Gasteiger partial charge >= 0.3 is 11.9 Å². The number of rotatable bonds is 12. The van der Waals surface area contributed by atoms with E-state index in [0.717, 1.165) is 51.4 Å². The minimum Gasteiger partial charge on any atom is -0.462 e. The highest BCUT2D eigenvalue weighted by atomic mass is 16.6. The molecule has 0 bridgehead atoms. The van der Waals surface area contributed by atoms with E-state index in [-0.39, 0.29) is 35.0 Å². The first kappa shape index (κ1) is 22.9. The van der Waals surface area contributed by atoms with Crippen LogP contribution in [0.1, 0.15) is 105 Å². The molecule has 0 aliphatic carbocycles. The molecular formula is C23H38O5. The number of carbonyl (C=O) groups excluding carboxylic acids is 3. The van der Waals surface area contributed by atoms with Crippen LogP contribution in [0.25, 0.3) is 0 Å². The summed E-state index contributed by atoms with van der Waals surface area (Å²) in [4.78, 5) is 34.8. The van der Waals surface area contributed by atoms with Crippen LogP contribution in [-0.4, -0.2) is 29.9 Å². The molecule has 2 atom stereocenters. The van der Waals surface area contributed by atoms with Crippen molar-refractivity contribution >= 4 is 17.7 Å². The molecule has 0 saturated carbocycles. The molecule has 0 amide bonds. The molecule has 2 heterocycles. The van der Waals surface area contributed by atoms with Crippen molar-refractivity contribution in [1.82, 2.24) is 0 Å². The molecule has 5 heteroatoms. The third kappa shape index (κ3) is 6.89. The van der Waals surface area contributed by atoms with Gasteiger partial charge < -0.3 is 9.47 Å². The zero-order valence-electron chi connectivity index (χ0n) is 18.2. The molecule has 2 rings (SSSR count). The van der Waals surface area contributed by atoms with Crippen LogP contribution in [0.2, 0.25) is 0 Å². The van der Waals surface area contributed by atoms with Crippen LogP contribution in [-0.2, 0) is 23.9 Å². The number of unbranched alkanes of at least 4 members (excludes halogenated alkanes) is 2. The van der Waals surface area contributed by atoms with Crippen LogP contribution >= 0.6 is 0 Å². The van der Waals surface area contributed by atoms with Gasteiger partial charge in [0.15, 0.2) is 0 Å². The van der Waals surface area contributed by atoms with E-state index in [1.54, 1.807) is 0 Å². The van der Waals surface area contributed by atoms with E-state index >= 15 is 0 Å². The molecule has 2 aliphatic rings. The molecule has 0 aromatic carbocycles. The van der Waals surface area contributed by atoms with Crippen molar-refractivity contribution in [1.29, 1.82) is 0 Å². The van der Waals surface area contributed by atoms with Gasteiger partial charge in [0.2, 0.25) is 0 Å². The second kappa shape index (κ2) is 9.89. The van der Waals surface area contributed by atoms with E-state index in [9.17, 15) is 14.4 Å². The third-order valence-electron chi connectivity index (χ3n) is 6.57. The molecule has 2 unspecified atom stereocenters. The standard InChI is InChI=1S/C23H38O5/c1-22(2,18-11-13-20(25)27-18)15-7-5-9-17(24)10-6-8-16-23(3,4)19-12-14-21(26)28-19/h18-19H,5-16H2,1-4H3. The molecule has 2 fully saturated rings. The molecule has 0 spiro atoms. The van der Waals surface area contributed by atoms with E-state index in [1.807, 2.05) is 0 Å². The lowest BCUT2D eigenvalue weighted by Gasteiger charge is -2.30. The SMILES string of the molecule is CC(C)(CCCCC(=O)CCCCC(C)(C)C1CCC(=O)O1)C1CCC(=O)O1. The van der Waals surface area contributed by atoms with E-state index in [0.29, 0.717) is 31.5 Å². The smallest absolute Gasteiger partial charge is 0.306 e. The van der Waals surface area contributed by atoms with Crippen LogP contribution < -0.4 is 0 Å². The minimum absolute atomic E-state index is 0.00944. The van der Waals surface area contributed by atoms with Gasteiger partial charge in [-0.3, -0.25) is 14.4 Å². The fourth-order valence-electron chi connectivity index (χ4n) is 4.40. The Labute approximate surface area is 169 Å². The predicted octanol–water partition coefficient (Wildman–Crippen LogP) is 5.14. The number of carbonyl (C=O) groups is 3.